The molecule has 1 aromatic heterocycles. The van der Waals surface area contributed by atoms with E-state index in [1.54, 1.807) is 4.90 Å². The highest BCUT2D eigenvalue weighted by molar-refractivity contribution is 7.80. The molecule has 0 atom stereocenters. The summed E-state index contributed by atoms with van der Waals surface area (Å²) in [7, 11) is 0. The highest BCUT2D eigenvalue weighted by atomic mass is 32.1. The minimum Gasteiger partial charge on any atom is -0.378 e. The minimum absolute atomic E-state index is 0.0131. The molecule has 7 nitrogen and oxygen atoms in total. The number of rotatable bonds is 2. The molecule has 8 heteroatoms. The molecule has 0 saturated carbocycles. The van der Waals surface area contributed by atoms with E-state index >= 15 is 0 Å². The highest BCUT2D eigenvalue weighted by Crippen LogP contribution is 2.02. The van der Waals surface area contributed by atoms with Crippen LogP contribution in [0.2, 0.25) is 0 Å². The highest BCUT2D eigenvalue weighted by Gasteiger charge is 2.18. The van der Waals surface area contributed by atoms with Crippen LogP contribution in [0.25, 0.3) is 0 Å². The molecule has 0 aliphatic carbocycles. The van der Waals surface area contributed by atoms with Crippen LogP contribution in [-0.2, 0) is 16.1 Å². The number of hydrogen-bond donors (Lipinski definition) is 1. The Labute approximate surface area is 91.8 Å². The Bertz CT molecular complexity index is 349. The molecule has 2 heterocycles. The maximum absolute atomic E-state index is 11.7. The van der Waals surface area contributed by atoms with Crippen molar-refractivity contribution in [1.29, 1.82) is 0 Å². The Hall–Kier alpha value is -1.15. The van der Waals surface area contributed by atoms with Crippen molar-refractivity contribution in [3.05, 3.63) is 0 Å². The quantitative estimate of drug-likeness (QED) is 0.646. The molecule has 1 fully saturated rings. The van der Waals surface area contributed by atoms with Crippen LogP contribution in [-0.4, -0.2) is 57.3 Å². The van der Waals surface area contributed by atoms with E-state index in [1.807, 2.05) is 0 Å². The van der Waals surface area contributed by atoms with Crippen molar-refractivity contribution < 1.29 is 9.53 Å². The van der Waals surface area contributed by atoms with E-state index in [0.29, 0.717) is 31.5 Å². The van der Waals surface area contributed by atoms with Gasteiger partial charge in [0.1, 0.15) is 6.54 Å². The number of morpholine rings is 1. The lowest BCUT2D eigenvalue weighted by Crippen LogP contribution is -2.42. The number of carbonyl (C=O) groups is 1. The number of tetrazole rings is 1. The monoisotopic (exact) mass is 229 g/mol. The molecule has 1 saturated heterocycles. The van der Waals surface area contributed by atoms with Crippen LogP contribution in [0.5, 0.6) is 0 Å². The fourth-order valence-corrected chi connectivity index (χ4v) is 1.49. The number of hydrogen-bond acceptors (Lipinski definition) is 6. The normalized spacial score (nSPS) is 16.7. The van der Waals surface area contributed by atoms with E-state index in [1.165, 1.54) is 4.68 Å². The van der Waals surface area contributed by atoms with Gasteiger partial charge in [-0.05, 0) is 10.4 Å². The summed E-state index contributed by atoms with van der Waals surface area (Å²) >= 11 is 4.02. The van der Waals surface area contributed by atoms with Crippen molar-refractivity contribution in [2.24, 2.45) is 0 Å². The van der Waals surface area contributed by atoms with Crippen molar-refractivity contribution in [3.63, 3.8) is 0 Å². The van der Waals surface area contributed by atoms with Gasteiger partial charge in [-0.3, -0.25) is 4.79 Å². The first kappa shape index (κ1) is 10.4. The second kappa shape index (κ2) is 4.58. The topological polar surface area (TPSA) is 73.1 Å². The number of amides is 1. The summed E-state index contributed by atoms with van der Waals surface area (Å²) in [5.41, 5.74) is 0. The third-order valence-electron chi connectivity index (χ3n) is 2.16. The molecule has 15 heavy (non-hydrogen) atoms. The molecule has 1 aliphatic heterocycles. The maximum Gasteiger partial charge on any atom is 0.244 e. The predicted molar refractivity (Wildman–Crippen MR) is 52.5 cm³/mol. The SMILES string of the molecule is O=C(Cn1nnnc1S)N1CCOCC1. The Kier molecular flexibility index (Phi) is 3.17. The first-order valence-corrected chi connectivity index (χ1v) is 5.03. The summed E-state index contributed by atoms with van der Waals surface area (Å²) in [4.78, 5) is 13.5. The average Bonchev–Trinajstić information content (AvgIpc) is 2.66. The zero-order valence-corrected chi connectivity index (χ0v) is 8.93. The van der Waals surface area contributed by atoms with Gasteiger partial charge in [-0.1, -0.05) is 0 Å². The molecule has 2 rings (SSSR count). The number of aromatic nitrogens is 4. The molecule has 0 bridgehead atoms. The van der Waals surface area contributed by atoms with Crippen LogP contribution < -0.4 is 0 Å². The van der Waals surface area contributed by atoms with E-state index in [0.717, 1.165) is 0 Å². The molecule has 1 aromatic rings. The van der Waals surface area contributed by atoms with Gasteiger partial charge < -0.3 is 9.64 Å². The summed E-state index contributed by atoms with van der Waals surface area (Å²) in [5, 5.41) is 11.0. The van der Waals surface area contributed by atoms with E-state index in [4.69, 9.17) is 4.74 Å². The van der Waals surface area contributed by atoms with Crippen molar-refractivity contribution in [1.82, 2.24) is 25.1 Å². The third kappa shape index (κ3) is 2.45. The van der Waals surface area contributed by atoms with Crippen LogP contribution in [0.3, 0.4) is 0 Å². The molecule has 0 unspecified atom stereocenters. The molecule has 0 radical (unpaired) electrons. The second-order valence-electron chi connectivity index (χ2n) is 3.13. The van der Waals surface area contributed by atoms with Crippen LogP contribution in [0.15, 0.2) is 5.16 Å². The van der Waals surface area contributed by atoms with Gasteiger partial charge in [0.05, 0.1) is 13.2 Å². The molecular formula is C7H11N5O2S. The fourth-order valence-electron chi connectivity index (χ4n) is 1.34. The van der Waals surface area contributed by atoms with Crippen LogP contribution in [0.4, 0.5) is 0 Å². The lowest BCUT2D eigenvalue weighted by atomic mass is 10.4. The Morgan fingerprint density at radius 1 is 1.47 bits per heavy atom. The first-order valence-electron chi connectivity index (χ1n) is 4.58. The second-order valence-corrected chi connectivity index (χ2v) is 3.53. The fraction of sp³-hybridized carbons (Fsp3) is 0.714. The van der Waals surface area contributed by atoms with Gasteiger partial charge in [0, 0.05) is 13.1 Å². The largest absolute Gasteiger partial charge is 0.378 e. The van der Waals surface area contributed by atoms with Gasteiger partial charge in [-0.2, -0.15) is 0 Å². The van der Waals surface area contributed by atoms with Crippen molar-refractivity contribution in [3.8, 4) is 0 Å². The third-order valence-corrected chi connectivity index (χ3v) is 2.48. The van der Waals surface area contributed by atoms with Gasteiger partial charge >= 0.3 is 0 Å². The van der Waals surface area contributed by atoms with Gasteiger partial charge in [0.15, 0.2) is 0 Å². The number of nitrogens with zero attached hydrogens (tertiary/aromatic N) is 5. The van der Waals surface area contributed by atoms with E-state index < -0.39 is 0 Å². The van der Waals surface area contributed by atoms with Crippen molar-refractivity contribution in [2.75, 3.05) is 26.3 Å². The summed E-state index contributed by atoms with van der Waals surface area (Å²) in [6.07, 6.45) is 0. The van der Waals surface area contributed by atoms with Crippen LogP contribution >= 0.6 is 12.6 Å². The minimum atomic E-state index is -0.0131. The Morgan fingerprint density at radius 2 is 2.20 bits per heavy atom. The molecular weight excluding hydrogens is 218 g/mol. The molecule has 0 aromatic carbocycles. The smallest absolute Gasteiger partial charge is 0.244 e. The molecule has 0 N–H and O–H groups in total. The lowest BCUT2D eigenvalue weighted by molar-refractivity contribution is -0.136. The standard InChI is InChI=1S/C7H11N5O2S/c13-6(11-1-3-14-4-2-11)5-12-7(15)8-9-10-12/h1-5H2,(H,8,10,15). The summed E-state index contributed by atoms with van der Waals surface area (Å²) in [6, 6.07) is 0. The first-order chi connectivity index (χ1) is 7.27. The zero-order chi connectivity index (χ0) is 10.7. The molecule has 1 aliphatic rings. The van der Waals surface area contributed by atoms with E-state index in [9.17, 15) is 4.79 Å². The Morgan fingerprint density at radius 3 is 2.80 bits per heavy atom. The summed E-state index contributed by atoms with van der Waals surface area (Å²) < 4.78 is 6.51. The molecule has 1 amide bonds. The number of thiol groups is 1. The average molecular weight is 229 g/mol. The lowest BCUT2D eigenvalue weighted by Gasteiger charge is -2.26. The zero-order valence-electron chi connectivity index (χ0n) is 8.04. The Balaban J connectivity index is 1.94. The van der Waals surface area contributed by atoms with Gasteiger partial charge in [-0.15, -0.1) is 17.7 Å². The van der Waals surface area contributed by atoms with Crippen LogP contribution in [0.1, 0.15) is 0 Å². The van der Waals surface area contributed by atoms with E-state index in [-0.39, 0.29) is 12.5 Å². The number of carbonyl (C=O) groups excluding carboxylic acids is 1. The summed E-state index contributed by atoms with van der Waals surface area (Å²) in [5.74, 6) is -0.0131. The van der Waals surface area contributed by atoms with Gasteiger partial charge in [-0.25, -0.2) is 4.68 Å². The molecule has 82 valence electrons. The number of ether oxygens (including phenoxy) is 1. The molecule has 0 spiro atoms. The van der Waals surface area contributed by atoms with Crippen LogP contribution in [0, 0.1) is 0 Å². The van der Waals surface area contributed by atoms with Crippen molar-refractivity contribution in [2.45, 2.75) is 11.7 Å². The van der Waals surface area contributed by atoms with Crippen molar-refractivity contribution >= 4 is 18.5 Å². The van der Waals surface area contributed by atoms with E-state index in [2.05, 4.69) is 28.2 Å². The van der Waals surface area contributed by atoms with Gasteiger partial charge in [0.25, 0.3) is 0 Å². The van der Waals surface area contributed by atoms with Gasteiger partial charge in [0.2, 0.25) is 11.1 Å². The maximum atomic E-state index is 11.7. The summed E-state index contributed by atoms with van der Waals surface area (Å²) in [6.45, 7) is 2.57. The predicted octanol–water partition coefficient (Wildman–Crippen LogP) is -1.18.